The van der Waals surface area contributed by atoms with E-state index in [1.54, 1.807) is 4.90 Å². The highest BCUT2D eigenvalue weighted by Crippen LogP contribution is 2.35. The van der Waals surface area contributed by atoms with Gasteiger partial charge in [0.2, 0.25) is 0 Å². The minimum absolute atomic E-state index is 0.0963. The van der Waals surface area contributed by atoms with E-state index in [4.69, 9.17) is 0 Å². The molecule has 1 aromatic heterocycles. The summed E-state index contributed by atoms with van der Waals surface area (Å²) in [6.07, 6.45) is -2.02. The maximum absolute atomic E-state index is 12.9. The van der Waals surface area contributed by atoms with Gasteiger partial charge in [-0.1, -0.05) is 13.8 Å². The Morgan fingerprint density at radius 2 is 2.14 bits per heavy atom. The molecule has 1 atom stereocenters. The summed E-state index contributed by atoms with van der Waals surface area (Å²) in [6, 6.07) is 0. The molecule has 118 valence electrons. The van der Waals surface area contributed by atoms with Crippen molar-refractivity contribution >= 4 is 5.69 Å². The Kier molecular flexibility index (Phi) is 4.70. The molecule has 1 aromatic rings. The molecule has 1 fully saturated rings. The number of aromatic nitrogens is 2. The number of aliphatic hydroxyl groups excluding tert-OH is 1. The Morgan fingerprint density at radius 3 is 2.71 bits per heavy atom. The molecular weight excluding hydrogens is 283 g/mol. The number of nitrogens with zero attached hydrogens (tertiary/aromatic N) is 3. The zero-order valence-corrected chi connectivity index (χ0v) is 12.2. The lowest BCUT2D eigenvalue weighted by Gasteiger charge is -2.35. The van der Waals surface area contributed by atoms with E-state index in [1.165, 1.54) is 6.20 Å². The normalized spacial score (nSPS) is 20.1. The second-order valence-corrected chi connectivity index (χ2v) is 5.70. The van der Waals surface area contributed by atoms with Gasteiger partial charge in [-0.2, -0.15) is 13.2 Å². The zero-order chi connectivity index (χ0) is 15.6. The van der Waals surface area contributed by atoms with Crippen LogP contribution in [-0.2, 0) is 6.61 Å². The van der Waals surface area contributed by atoms with Crippen molar-refractivity contribution in [2.45, 2.75) is 45.4 Å². The van der Waals surface area contributed by atoms with Gasteiger partial charge in [0.25, 0.3) is 0 Å². The van der Waals surface area contributed by atoms with Crippen molar-refractivity contribution in [3.05, 3.63) is 17.7 Å². The van der Waals surface area contributed by atoms with Gasteiger partial charge in [0.15, 0.2) is 0 Å². The minimum atomic E-state index is -4.18. The van der Waals surface area contributed by atoms with E-state index in [9.17, 15) is 18.3 Å². The van der Waals surface area contributed by atoms with Crippen LogP contribution in [0.4, 0.5) is 18.9 Å². The van der Waals surface area contributed by atoms with E-state index in [2.05, 4.69) is 9.97 Å². The fraction of sp³-hybridized carbons (Fsp3) is 0.714. The first-order valence-electron chi connectivity index (χ1n) is 7.11. The van der Waals surface area contributed by atoms with Crippen LogP contribution in [0.15, 0.2) is 6.20 Å². The molecule has 1 N–H and O–H groups in total. The third-order valence-electron chi connectivity index (χ3n) is 3.76. The predicted octanol–water partition coefficient (Wildman–Crippen LogP) is 2.87. The van der Waals surface area contributed by atoms with Crippen LogP contribution in [0.25, 0.3) is 0 Å². The van der Waals surface area contributed by atoms with Crippen LogP contribution in [0.3, 0.4) is 0 Å². The number of hydrogen-bond donors (Lipinski definition) is 1. The SMILES string of the molecule is CC(C)c1ncc(N2CCCC(C(F)(F)F)C2)c(CO)n1. The van der Waals surface area contributed by atoms with E-state index in [1.807, 2.05) is 13.8 Å². The molecule has 0 radical (unpaired) electrons. The standard InChI is InChI=1S/C14H20F3N3O/c1-9(2)13-18-6-12(11(8-21)19-13)20-5-3-4-10(7-20)14(15,16)17/h6,9-10,21H,3-5,7-8H2,1-2H3. The average Bonchev–Trinajstić information content (AvgIpc) is 2.45. The molecular formula is C14H20F3N3O. The van der Waals surface area contributed by atoms with Crippen molar-refractivity contribution in [3.8, 4) is 0 Å². The van der Waals surface area contributed by atoms with Gasteiger partial charge in [0.05, 0.1) is 30.1 Å². The quantitative estimate of drug-likeness (QED) is 0.933. The molecule has 0 aliphatic carbocycles. The second kappa shape index (κ2) is 6.17. The highest BCUT2D eigenvalue weighted by atomic mass is 19.4. The zero-order valence-electron chi connectivity index (χ0n) is 12.2. The van der Waals surface area contributed by atoms with Crippen LogP contribution < -0.4 is 4.90 Å². The van der Waals surface area contributed by atoms with Crippen molar-refractivity contribution in [2.24, 2.45) is 5.92 Å². The Hall–Kier alpha value is -1.37. The molecule has 21 heavy (non-hydrogen) atoms. The number of rotatable bonds is 3. The molecule has 0 amide bonds. The van der Waals surface area contributed by atoms with Crippen LogP contribution >= 0.6 is 0 Å². The highest BCUT2D eigenvalue weighted by Gasteiger charge is 2.42. The van der Waals surface area contributed by atoms with E-state index in [0.717, 1.165) is 0 Å². The fourth-order valence-electron chi connectivity index (χ4n) is 2.55. The summed E-state index contributed by atoms with van der Waals surface area (Å²) in [5.41, 5.74) is 0.910. The van der Waals surface area contributed by atoms with Gasteiger partial charge in [-0.25, -0.2) is 9.97 Å². The maximum Gasteiger partial charge on any atom is 0.393 e. The molecule has 0 bridgehead atoms. The summed E-state index contributed by atoms with van der Waals surface area (Å²) in [5, 5.41) is 9.44. The Labute approximate surface area is 122 Å². The fourth-order valence-corrected chi connectivity index (χ4v) is 2.55. The number of anilines is 1. The van der Waals surface area contributed by atoms with Gasteiger partial charge < -0.3 is 10.0 Å². The molecule has 0 saturated carbocycles. The lowest BCUT2D eigenvalue weighted by molar-refractivity contribution is -0.176. The van der Waals surface area contributed by atoms with Crippen LogP contribution in [0.5, 0.6) is 0 Å². The lowest BCUT2D eigenvalue weighted by atomic mass is 9.97. The molecule has 1 saturated heterocycles. The van der Waals surface area contributed by atoms with Gasteiger partial charge in [-0.15, -0.1) is 0 Å². The monoisotopic (exact) mass is 303 g/mol. The largest absolute Gasteiger partial charge is 0.393 e. The molecule has 0 spiro atoms. The highest BCUT2D eigenvalue weighted by molar-refractivity contribution is 5.49. The topological polar surface area (TPSA) is 49.2 Å². The number of hydrogen-bond acceptors (Lipinski definition) is 4. The molecule has 1 unspecified atom stereocenters. The summed E-state index contributed by atoms with van der Waals surface area (Å²) in [7, 11) is 0. The lowest BCUT2D eigenvalue weighted by Crippen LogP contribution is -2.42. The first kappa shape index (κ1) is 16.0. The third-order valence-corrected chi connectivity index (χ3v) is 3.76. The molecule has 2 heterocycles. The van der Waals surface area contributed by atoms with Gasteiger partial charge in [0, 0.05) is 19.0 Å². The Morgan fingerprint density at radius 1 is 1.43 bits per heavy atom. The molecule has 4 nitrogen and oxygen atoms in total. The van der Waals surface area contributed by atoms with Crippen molar-refractivity contribution in [3.63, 3.8) is 0 Å². The summed E-state index contributed by atoms with van der Waals surface area (Å²) in [4.78, 5) is 10.1. The number of aliphatic hydroxyl groups is 1. The van der Waals surface area contributed by atoms with Crippen LogP contribution in [0.1, 0.15) is 44.1 Å². The van der Waals surface area contributed by atoms with Crippen molar-refractivity contribution in [2.75, 3.05) is 18.0 Å². The molecule has 1 aliphatic rings. The van der Waals surface area contributed by atoms with Gasteiger partial charge >= 0.3 is 6.18 Å². The van der Waals surface area contributed by atoms with Crippen molar-refractivity contribution < 1.29 is 18.3 Å². The van der Waals surface area contributed by atoms with E-state index < -0.39 is 12.1 Å². The minimum Gasteiger partial charge on any atom is -0.390 e. The van der Waals surface area contributed by atoms with Gasteiger partial charge in [0.1, 0.15) is 5.82 Å². The number of piperidine rings is 1. The Balaban J connectivity index is 2.24. The average molecular weight is 303 g/mol. The summed E-state index contributed by atoms with van der Waals surface area (Å²) >= 11 is 0. The smallest absolute Gasteiger partial charge is 0.390 e. The maximum atomic E-state index is 12.9. The van der Waals surface area contributed by atoms with Crippen LogP contribution in [0.2, 0.25) is 0 Å². The van der Waals surface area contributed by atoms with E-state index in [0.29, 0.717) is 30.2 Å². The molecule has 7 heteroatoms. The van der Waals surface area contributed by atoms with E-state index >= 15 is 0 Å². The summed E-state index contributed by atoms with van der Waals surface area (Å²) in [5.74, 6) is -0.636. The summed E-state index contributed by atoms with van der Waals surface area (Å²) < 4.78 is 38.6. The number of alkyl halides is 3. The number of halogens is 3. The molecule has 2 rings (SSSR count). The van der Waals surface area contributed by atoms with Gasteiger partial charge in [-0.3, -0.25) is 0 Å². The second-order valence-electron chi connectivity index (χ2n) is 5.70. The van der Waals surface area contributed by atoms with E-state index in [-0.39, 0.29) is 25.5 Å². The van der Waals surface area contributed by atoms with Crippen LogP contribution in [-0.4, -0.2) is 34.3 Å². The Bertz CT molecular complexity index is 491. The molecule has 0 aromatic carbocycles. The van der Waals surface area contributed by atoms with Crippen molar-refractivity contribution in [1.29, 1.82) is 0 Å². The van der Waals surface area contributed by atoms with Gasteiger partial charge in [-0.05, 0) is 12.8 Å². The summed E-state index contributed by atoms with van der Waals surface area (Å²) in [6.45, 7) is 3.99. The predicted molar refractivity (Wildman–Crippen MR) is 73.0 cm³/mol. The first-order valence-corrected chi connectivity index (χ1v) is 7.11. The van der Waals surface area contributed by atoms with Crippen molar-refractivity contribution in [1.82, 2.24) is 9.97 Å². The molecule has 1 aliphatic heterocycles. The van der Waals surface area contributed by atoms with Crippen LogP contribution in [0, 0.1) is 5.92 Å². The third kappa shape index (κ3) is 3.64. The first-order chi connectivity index (χ1) is 9.82.